The third kappa shape index (κ3) is 6.89. The summed E-state index contributed by atoms with van der Waals surface area (Å²) < 4.78 is 0. The van der Waals surface area contributed by atoms with Crippen LogP contribution in [0.5, 0.6) is 0 Å². The number of rotatable bonds is 6. The molecule has 2 aromatic rings. The fourth-order valence-corrected chi connectivity index (χ4v) is 7.08. The van der Waals surface area contributed by atoms with Crippen molar-refractivity contribution in [3.8, 4) is 0 Å². The highest BCUT2D eigenvalue weighted by Crippen LogP contribution is 2.41. The fraction of sp³-hybridized carbons (Fsp3) is 0.594. The van der Waals surface area contributed by atoms with Crippen molar-refractivity contribution in [3.63, 3.8) is 0 Å². The number of amides is 1. The van der Waals surface area contributed by atoms with Gasteiger partial charge in [-0.2, -0.15) is 0 Å². The summed E-state index contributed by atoms with van der Waals surface area (Å²) in [7, 11) is 0. The molecule has 3 aliphatic rings. The lowest BCUT2D eigenvalue weighted by molar-refractivity contribution is -0.120. The smallest absolute Gasteiger partial charge is 0.227 e. The minimum atomic E-state index is 0.163. The predicted octanol–water partition coefficient (Wildman–Crippen LogP) is 8.06. The maximum Gasteiger partial charge on any atom is 0.227 e. The molecule has 2 aromatic carbocycles. The number of hydrogen-bond acceptors (Lipinski definition) is 3. The molecule has 1 unspecified atom stereocenters. The van der Waals surface area contributed by atoms with Crippen LogP contribution in [0.4, 0.5) is 11.4 Å². The van der Waals surface area contributed by atoms with Crippen LogP contribution in [0.2, 0.25) is 5.02 Å². The van der Waals surface area contributed by atoms with Gasteiger partial charge in [0.05, 0.1) is 10.7 Å². The number of benzene rings is 2. The maximum absolute atomic E-state index is 12.7. The van der Waals surface area contributed by atoms with Crippen molar-refractivity contribution in [2.45, 2.75) is 95.9 Å². The summed E-state index contributed by atoms with van der Waals surface area (Å²) in [6.07, 6.45) is 16.1. The second kappa shape index (κ2) is 13.2. The third-order valence-electron chi connectivity index (χ3n) is 9.00. The zero-order valence-corrected chi connectivity index (χ0v) is 23.1. The van der Waals surface area contributed by atoms with Crippen LogP contribution in [-0.2, 0) is 17.8 Å². The summed E-state index contributed by atoms with van der Waals surface area (Å²) in [4.78, 5) is 12.7. The van der Waals surface area contributed by atoms with Crippen LogP contribution in [-0.4, -0.2) is 19.0 Å². The number of hydrogen-bond donors (Lipinski definition) is 3. The largest absolute Gasteiger partial charge is 0.380 e. The van der Waals surface area contributed by atoms with Crippen molar-refractivity contribution in [2.24, 2.45) is 11.8 Å². The molecule has 0 spiro atoms. The molecule has 0 bridgehead atoms. The average molecular weight is 522 g/mol. The Bertz CT molecular complexity index is 1020. The summed E-state index contributed by atoms with van der Waals surface area (Å²) in [5.41, 5.74) is 6.08. The highest BCUT2D eigenvalue weighted by molar-refractivity contribution is 6.33. The van der Waals surface area contributed by atoms with Gasteiger partial charge in [0.25, 0.3) is 0 Å². The van der Waals surface area contributed by atoms with Crippen molar-refractivity contribution in [1.29, 1.82) is 0 Å². The van der Waals surface area contributed by atoms with Crippen molar-refractivity contribution in [1.82, 2.24) is 5.32 Å². The van der Waals surface area contributed by atoms with E-state index in [1.165, 1.54) is 80.9 Å². The van der Waals surface area contributed by atoms with Gasteiger partial charge < -0.3 is 16.0 Å². The Kier molecular flexibility index (Phi) is 9.44. The van der Waals surface area contributed by atoms with Crippen LogP contribution >= 0.6 is 11.6 Å². The predicted molar refractivity (Wildman–Crippen MR) is 156 cm³/mol. The lowest BCUT2D eigenvalue weighted by atomic mass is 9.79. The van der Waals surface area contributed by atoms with E-state index in [0.717, 1.165) is 54.7 Å². The van der Waals surface area contributed by atoms with Crippen LogP contribution in [0.15, 0.2) is 36.4 Å². The van der Waals surface area contributed by atoms with Crippen LogP contribution in [0.3, 0.4) is 0 Å². The molecule has 2 saturated carbocycles. The van der Waals surface area contributed by atoms with E-state index in [0.29, 0.717) is 12.5 Å². The van der Waals surface area contributed by atoms with E-state index in [-0.39, 0.29) is 11.8 Å². The van der Waals surface area contributed by atoms with Crippen LogP contribution in [0.25, 0.3) is 0 Å². The summed E-state index contributed by atoms with van der Waals surface area (Å²) in [6.45, 7) is 2.79. The van der Waals surface area contributed by atoms with Crippen LogP contribution < -0.4 is 16.0 Å². The number of nitrogens with one attached hydrogen (secondary N) is 3. The first kappa shape index (κ1) is 26.6. The molecule has 2 fully saturated rings. The normalized spacial score (nSPS) is 21.8. The Morgan fingerprint density at radius 3 is 2.24 bits per heavy atom. The summed E-state index contributed by atoms with van der Waals surface area (Å²) >= 11 is 6.78. The minimum absolute atomic E-state index is 0.163. The first-order valence-corrected chi connectivity index (χ1v) is 15.2. The highest BCUT2D eigenvalue weighted by atomic mass is 35.5. The third-order valence-corrected chi connectivity index (χ3v) is 9.31. The van der Waals surface area contributed by atoms with Gasteiger partial charge >= 0.3 is 0 Å². The molecule has 1 amide bonds. The quantitative estimate of drug-likeness (QED) is 0.337. The van der Waals surface area contributed by atoms with Gasteiger partial charge in [-0.15, -0.1) is 0 Å². The van der Waals surface area contributed by atoms with Gasteiger partial charge in [-0.1, -0.05) is 81.2 Å². The van der Waals surface area contributed by atoms with Crippen molar-refractivity contribution >= 4 is 28.9 Å². The fourth-order valence-electron chi connectivity index (χ4n) is 6.84. The summed E-state index contributed by atoms with van der Waals surface area (Å²) in [5.74, 6) is 1.69. The van der Waals surface area contributed by atoms with Gasteiger partial charge in [0, 0.05) is 24.7 Å². The van der Waals surface area contributed by atoms with E-state index in [2.05, 4.69) is 40.2 Å². The zero-order chi connectivity index (χ0) is 25.5. The molecule has 200 valence electrons. The molecule has 0 saturated heterocycles. The van der Waals surface area contributed by atoms with Crippen LogP contribution in [0.1, 0.15) is 99.7 Å². The molecule has 3 N–H and O–H groups in total. The van der Waals surface area contributed by atoms with E-state index in [4.69, 9.17) is 11.6 Å². The average Bonchev–Trinajstić information content (AvgIpc) is 3.43. The molecular weight excluding hydrogens is 478 g/mol. The van der Waals surface area contributed by atoms with Gasteiger partial charge in [0.2, 0.25) is 5.91 Å². The molecule has 0 radical (unpaired) electrons. The van der Waals surface area contributed by atoms with Crippen molar-refractivity contribution in [2.75, 3.05) is 23.7 Å². The monoisotopic (exact) mass is 521 g/mol. The van der Waals surface area contributed by atoms with Crippen molar-refractivity contribution < 1.29 is 4.79 Å². The Morgan fingerprint density at radius 1 is 0.865 bits per heavy atom. The molecule has 1 heterocycles. The molecule has 0 aromatic heterocycles. The van der Waals surface area contributed by atoms with E-state index >= 15 is 0 Å². The molecule has 1 atom stereocenters. The Labute approximate surface area is 228 Å². The summed E-state index contributed by atoms with van der Waals surface area (Å²) in [6, 6.07) is 12.7. The maximum atomic E-state index is 12.7. The van der Waals surface area contributed by atoms with Gasteiger partial charge in [-0.25, -0.2) is 0 Å². The van der Waals surface area contributed by atoms with Gasteiger partial charge in [0.1, 0.15) is 0 Å². The molecule has 37 heavy (non-hydrogen) atoms. The van der Waals surface area contributed by atoms with E-state index in [1.54, 1.807) is 0 Å². The first-order valence-electron chi connectivity index (χ1n) is 14.8. The lowest BCUT2D eigenvalue weighted by Crippen LogP contribution is -2.25. The lowest BCUT2D eigenvalue weighted by Gasteiger charge is -2.28. The SMILES string of the molecule is O=C(Nc1ccc(CNc2c(Cl)ccc3c2CCNCC3C2CCCCCC2)cc1)C1CCCCCC1. The Morgan fingerprint density at radius 2 is 1.54 bits per heavy atom. The molecule has 4 nitrogen and oxygen atoms in total. The number of carbonyl (C=O) groups is 1. The van der Waals surface area contributed by atoms with Crippen molar-refractivity contribution in [3.05, 3.63) is 58.1 Å². The van der Waals surface area contributed by atoms with Crippen LogP contribution in [0, 0.1) is 11.8 Å². The van der Waals surface area contributed by atoms with Gasteiger partial charge in [-0.3, -0.25) is 4.79 Å². The molecule has 2 aliphatic carbocycles. The van der Waals surface area contributed by atoms with E-state index in [1.807, 2.05) is 12.1 Å². The molecular formula is C32H44ClN3O. The van der Waals surface area contributed by atoms with E-state index < -0.39 is 0 Å². The zero-order valence-electron chi connectivity index (χ0n) is 22.3. The Balaban J connectivity index is 1.25. The van der Waals surface area contributed by atoms with E-state index in [9.17, 15) is 4.79 Å². The molecule has 5 rings (SSSR count). The first-order chi connectivity index (χ1) is 18.2. The van der Waals surface area contributed by atoms with Gasteiger partial charge in [-0.05, 0) is 85.4 Å². The topological polar surface area (TPSA) is 53.2 Å². The minimum Gasteiger partial charge on any atom is -0.380 e. The highest BCUT2D eigenvalue weighted by Gasteiger charge is 2.29. The number of halogens is 1. The second-order valence-corrected chi connectivity index (χ2v) is 11.9. The molecule has 1 aliphatic heterocycles. The number of fused-ring (bicyclic) bond motifs is 1. The Hall–Kier alpha value is -2.04. The second-order valence-electron chi connectivity index (χ2n) is 11.5. The molecule has 5 heteroatoms. The standard InChI is InChI=1S/C32H44ClN3O/c33-30-18-17-27-28(19-20-34-22-29(27)24-9-5-1-2-6-10-24)31(30)35-21-23-13-15-26(16-14-23)36-32(37)25-11-7-3-4-8-12-25/h13-18,24-25,29,34-35H,1-12,19-22H2,(H,36,37). The van der Waals surface area contributed by atoms with Gasteiger partial charge in [0.15, 0.2) is 0 Å². The number of anilines is 2. The summed E-state index contributed by atoms with van der Waals surface area (Å²) in [5, 5.41) is 11.4. The number of carbonyl (C=O) groups excluding carboxylic acids is 1.